The number of benzene rings is 12. The van der Waals surface area contributed by atoms with Crippen LogP contribution in [0.4, 0.5) is 0 Å². The Morgan fingerprint density at radius 3 is 0.893 bits per heavy atom. The first-order valence-electron chi connectivity index (χ1n) is 48.1. The molecule has 0 atom stereocenters. The monoisotopic (exact) mass is 1780 g/mol. The zero-order chi connectivity index (χ0) is 90.7. The molecular formula is C124H72N16. The quantitative estimate of drug-likeness (QED) is 0.132. The first-order valence-corrected chi connectivity index (χ1v) is 48.1. The van der Waals surface area contributed by atoms with Crippen molar-refractivity contribution in [3.8, 4) is 89.0 Å². The summed E-state index contributed by atoms with van der Waals surface area (Å²) in [6, 6.07) is 89.4. The topological polar surface area (TPSA) is 172 Å². The second-order valence-corrected chi connectivity index (χ2v) is 38.7. The van der Waals surface area contributed by atoms with E-state index in [9.17, 15) is 0 Å². The Morgan fingerprint density at radius 2 is 0.429 bits per heavy atom. The molecule has 0 aliphatic heterocycles. The van der Waals surface area contributed by atoms with E-state index in [0.29, 0.717) is 0 Å². The van der Waals surface area contributed by atoms with Crippen molar-refractivity contribution in [2.75, 3.05) is 0 Å². The lowest BCUT2D eigenvalue weighted by molar-refractivity contribution is 1.17. The Balaban J connectivity index is 0.0000000829. The average molecular weight is 1790 g/mol. The average Bonchev–Trinajstić information content (AvgIpc) is 1.55. The molecule has 0 unspecified atom stereocenters. The van der Waals surface area contributed by atoms with Crippen molar-refractivity contribution in [1.29, 1.82) is 0 Å². The highest BCUT2D eigenvalue weighted by Crippen LogP contribution is 2.57. The van der Waals surface area contributed by atoms with Gasteiger partial charge in [-0.3, -0.25) is 57.5 Å². The molecule has 16 aromatic heterocycles. The van der Waals surface area contributed by atoms with Crippen LogP contribution in [0.5, 0.6) is 0 Å². The molecule has 12 aromatic carbocycles. The molecule has 0 N–H and O–H groups in total. The molecule has 16 heteroatoms. The predicted molar refractivity (Wildman–Crippen MR) is 559 cm³/mol. The van der Waals surface area contributed by atoms with Crippen molar-refractivity contribution < 1.29 is 0 Å². The second-order valence-electron chi connectivity index (χ2n) is 38.7. The summed E-state index contributed by atoms with van der Waals surface area (Å²) >= 11 is 0. The van der Waals surface area contributed by atoms with E-state index in [1.807, 2.05) is 123 Å². The molecule has 0 saturated carbocycles. The van der Waals surface area contributed by atoms with Gasteiger partial charge < -0.3 is 0 Å². The van der Waals surface area contributed by atoms with Crippen LogP contribution in [0.1, 0.15) is 89.0 Å². The molecule has 648 valence electrons. The number of aromatic nitrogens is 16. The lowest BCUT2D eigenvalue weighted by atomic mass is 9.93. The summed E-state index contributed by atoms with van der Waals surface area (Å²) in [5.41, 5.74) is 61.4. The molecule has 0 bridgehead atoms. The first kappa shape index (κ1) is 75.1. The zero-order valence-electron chi connectivity index (χ0n) is 75.1. The van der Waals surface area contributed by atoms with Crippen molar-refractivity contribution in [3.63, 3.8) is 0 Å². The lowest BCUT2D eigenvalue weighted by Crippen LogP contribution is -1.95. The molecular weight excluding hydrogens is 1710 g/mol. The normalized spacial score (nSPS) is 13.5. The van der Waals surface area contributed by atoms with Gasteiger partial charge in [0.15, 0.2) is 0 Å². The van der Waals surface area contributed by atoms with Crippen molar-refractivity contribution >= 4 is 153 Å². The SMILES string of the molecule is c1ccc2c(c1)Cc1c-2ccc2c1-c1ccc3c(c1C2)c1ccncc1n1c2ccncc2nc31.c1ccc2c(c1)Cc1c-2ccc2c1Cc1c-2ccc2c1c1ccncc1n1c3ccncc3nc21.c1ccc2c(c1)Cc1cc3c(cc1-2)Cc1c-3ccc2c1c1ccncc1n1c3ccncc3nc21.c1ccc2c(c1)Cc1ccc3c(c1-2)Cc1c-3ccc2c1c1ccncc1n1c3ccncc3nc21. The smallest absolute Gasteiger partial charge is 0.146 e. The molecule has 0 saturated heterocycles. The first-order chi connectivity index (χ1) is 69.4. The highest BCUT2D eigenvalue weighted by atomic mass is 15.1. The third kappa shape index (κ3) is 10.1. The van der Waals surface area contributed by atoms with Gasteiger partial charge in [-0.1, -0.05) is 158 Å². The molecule has 16 heterocycles. The van der Waals surface area contributed by atoms with E-state index >= 15 is 0 Å². The third-order valence-electron chi connectivity index (χ3n) is 32.1. The van der Waals surface area contributed by atoms with Crippen LogP contribution in [0.25, 0.3) is 242 Å². The van der Waals surface area contributed by atoms with Crippen LogP contribution in [0.3, 0.4) is 0 Å². The summed E-state index contributed by atoms with van der Waals surface area (Å²) < 4.78 is 8.96. The van der Waals surface area contributed by atoms with E-state index in [1.165, 1.54) is 243 Å². The maximum Gasteiger partial charge on any atom is 0.146 e. The molecule has 28 aromatic rings. The lowest BCUT2D eigenvalue weighted by Gasteiger charge is -2.13. The van der Waals surface area contributed by atoms with Crippen LogP contribution in [0, 0.1) is 0 Å². The van der Waals surface area contributed by atoms with E-state index in [0.717, 1.165) is 140 Å². The van der Waals surface area contributed by atoms with Crippen LogP contribution in [0.15, 0.2) is 342 Å². The van der Waals surface area contributed by atoms with Gasteiger partial charge in [0.25, 0.3) is 0 Å². The van der Waals surface area contributed by atoms with Gasteiger partial charge in [-0.2, -0.15) is 0 Å². The molecule has 36 rings (SSSR count). The number of pyridine rings is 12. The number of nitrogens with zero attached hydrogens (tertiary/aromatic N) is 16. The fourth-order valence-electron chi connectivity index (χ4n) is 26.4. The Kier molecular flexibility index (Phi) is 14.9. The number of fused-ring (bicyclic) bond motifs is 63. The molecule has 0 spiro atoms. The van der Waals surface area contributed by atoms with E-state index in [4.69, 9.17) is 19.9 Å². The summed E-state index contributed by atoms with van der Waals surface area (Å²) in [5, 5.41) is 14.8. The molecule has 140 heavy (non-hydrogen) atoms. The van der Waals surface area contributed by atoms with Crippen molar-refractivity contribution in [2.45, 2.75) is 51.4 Å². The Hall–Kier alpha value is -18.3. The van der Waals surface area contributed by atoms with Crippen molar-refractivity contribution in [1.82, 2.24) is 77.4 Å². The van der Waals surface area contributed by atoms with Gasteiger partial charge in [0, 0.05) is 92.7 Å². The van der Waals surface area contributed by atoms with Gasteiger partial charge in [-0.15, -0.1) is 0 Å². The van der Waals surface area contributed by atoms with E-state index in [2.05, 4.69) is 276 Å². The molecule has 8 aliphatic carbocycles. The Labute approximate surface area is 796 Å². The fourth-order valence-corrected chi connectivity index (χ4v) is 26.4. The molecule has 8 aliphatic rings. The van der Waals surface area contributed by atoms with Crippen LogP contribution >= 0.6 is 0 Å². The highest BCUT2D eigenvalue weighted by molar-refractivity contribution is 6.22. The molecule has 0 radical (unpaired) electrons. The van der Waals surface area contributed by atoms with Crippen molar-refractivity contribution in [3.05, 3.63) is 431 Å². The molecule has 0 amide bonds. The molecule has 0 fully saturated rings. The number of hydrogen-bond acceptors (Lipinski definition) is 12. The number of hydrogen-bond donors (Lipinski definition) is 0. The molecule has 16 nitrogen and oxygen atoms in total. The van der Waals surface area contributed by atoms with Crippen molar-refractivity contribution in [2.24, 2.45) is 0 Å². The standard InChI is InChI=1S/4C31H18N4/c1-2-4-20-17(3-1)11-18-12-25-19(13-24(18)20)14-26-21(25)5-6-23-30(26)22-7-9-33-16-29(22)35-28-8-10-32-15-27(28)34-31(23)35;1-2-4-19-17(3-1)13-24-20(19)6-5-18-14-25-21(29(18)24)7-8-23-30(25)22-9-11-33-16-28(22)35-27-10-12-32-15-26(27)34-31(23)35;1-2-4-19-17(3-1)13-18-5-6-20-21-7-8-23-30(25(21)14-24(20)29(18)19)22-9-11-33-16-28(22)35-27-10-12-32-15-26(27)34-31(23)35;1-2-4-18-17(3-1)13-24-19(18)5-6-20-21-7-8-23-30(26(21)14-25(20)24)22-9-11-33-16-29(22)35-28-10-12-32-15-27(28)34-31(23)35/h1-10,12-13,15-16H,11,14H2;3*1-12,15-16H,13-14H2. The maximum atomic E-state index is 5.03. The maximum absolute atomic E-state index is 5.03. The van der Waals surface area contributed by atoms with Gasteiger partial charge >= 0.3 is 0 Å². The summed E-state index contributed by atoms with van der Waals surface area (Å²) in [6.07, 6.45) is 38.1. The fraction of sp³-hybridized carbons (Fsp3) is 0.0645. The van der Waals surface area contributed by atoms with E-state index < -0.39 is 0 Å². The Bertz CT molecular complexity index is 10600. The van der Waals surface area contributed by atoms with Crippen LogP contribution in [-0.2, 0) is 51.4 Å². The van der Waals surface area contributed by atoms with Crippen LogP contribution in [0.2, 0.25) is 0 Å². The minimum absolute atomic E-state index is 0.906. The summed E-state index contributed by atoms with van der Waals surface area (Å²) in [5.74, 6) is 0. The van der Waals surface area contributed by atoms with E-state index in [-0.39, 0.29) is 0 Å². The Morgan fingerprint density at radius 1 is 0.164 bits per heavy atom. The summed E-state index contributed by atoms with van der Waals surface area (Å²) in [6.45, 7) is 0. The number of imidazole rings is 4. The minimum atomic E-state index is 0.906. The number of rotatable bonds is 0. The summed E-state index contributed by atoms with van der Waals surface area (Å²) in [7, 11) is 0. The van der Waals surface area contributed by atoms with Crippen LogP contribution < -0.4 is 0 Å². The minimum Gasteiger partial charge on any atom is -0.290 e. The largest absolute Gasteiger partial charge is 0.290 e. The highest BCUT2D eigenvalue weighted by Gasteiger charge is 2.37. The van der Waals surface area contributed by atoms with E-state index in [1.54, 1.807) is 0 Å². The predicted octanol–water partition coefficient (Wildman–Crippen LogP) is 26.9. The second kappa shape index (κ2) is 27.7. The van der Waals surface area contributed by atoms with Crippen LogP contribution in [-0.4, -0.2) is 77.4 Å². The van der Waals surface area contributed by atoms with Gasteiger partial charge in [0.05, 0.1) is 93.7 Å². The van der Waals surface area contributed by atoms with Gasteiger partial charge in [0.2, 0.25) is 0 Å². The summed E-state index contributed by atoms with van der Waals surface area (Å²) in [4.78, 5) is 55.3. The zero-order valence-corrected chi connectivity index (χ0v) is 75.1. The van der Waals surface area contributed by atoms with Gasteiger partial charge in [0.1, 0.15) is 44.7 Å². The van der Waals surface area contributed by atoms with Gasteiger partial charge in [-0.05, 0) is 336 Å². The third-order valence-corrected chi connectivity index (χ3v) is 32.1. The van der Waals surface area contributed by atoms with Gasteiger partial charge in [-0.25, -0.2) is 19.9 Å².